The maximum Gasteiger partial charge on any atom is 0.306 e. The second kappa shape index (κ2) is 49.5. The standard InChI is InChI=1S/C55H94O6/c1-4-7-10-13-16-19-22-25-27-29-30-33-36-39-42-45-48-54(57)60-51-52(50-59-53(56)47-44-41-38-35-32-24-21-18-15-12-9-6-3)61-55(58)49-46-43-40-37-34-31-28-26-23-20-17-14-11-8-5-2/h8,11,14,17,20,23,26-29,31,34,52H,4-7,9-10,12-13,15-16,18-19,21-22,24-25,30,32-33,35-51H2,1-3H3/b11-8-,17-14-,23-20-,28-26-,29-27-,34-31-. The lowest BCUT2D eigenvalue weighted by Crippen LogP contribution is -2.30. The smallest absolute Gasteiger partial charge is 0.306 e. The summed E-state index contributed by atoms with van der Waals surface area (Å²) in [4.78, 5) is 37.9. The average Bonchev–Trinajstić information content (AvgIpc) is 3.26. The quantitative estimate of drug-likeness (QED) is 0.0200. The van der Waals surface area contributed by atoms with Crippen LogP contribution in [0.4, 0.5) is 0 Å². The van der Waals surface area contributed by atoms with Crippen molar-refractivity contribution in [2.45, 2.75) is 245 Å². The van der Waals surface area contributed by atoms with Crippen molar-refractivity contribution in [3.05, 3.63) is 72.9 Å². The molecule has 0 rings (SSSR count). The number of carbonyl (C=O) groups excluding carboxylic acids is 3. The molecule has 0 aromatic rings. The largest absolute Gasteiger partial charge is 0.462 e. The van der Waals surface area contributed by atoms with Crippen LogP contribution in [0.25, 0.3) is 0 Å². The summed E-state index contributed by atoms with van der Waals surface area (Å²) in [5, 5.41) is 0. The fourth-order valence-electron chi connectivity index (χ4n) is 6.99. The van der Waals surface area contributed by atoms with Gasteiger partial charge in [-0.1, -0.05) is 229 Å². The zero-order valence-corrected chi connectivity index (χ0v) is 39.9. The number of rotatable bonds is 45. The average molecular weight is 851 g/mol. The highest BCUT2D eigenvalue weighted by Gasteiger charge is 2.19. The highest BCUT2D eigenvalue weighted by atomic mass is 16.6. The number of hydrogen-bond acceptors (Lipinski definition) is 6. The van der Waals surface area contributed by atoms with E-state index in [1.54, 1.807) is 0 Å². The number of hydrogen-bond donors (Lipinski definition) is 0. The van der Waals surface area contributed by atoms with Crippen LogP contribution in [-0.2, 0) is 28.6 Å². The Morgan fingerprint density at radius 3 is 1.07 bits per heavy atom. The van der Waals surface area contributed by atoms with Crippen LogP contribution >= 0.6 is 0 Å². The molecule has 1 atom stereocenters. The van der Waals surface area contributed by atoms with E-state index in [1.165, 1.54) is 122 Å². The minimum Gasteiger partial charge on any atom is -0.462 e. The van der Waals surface area contributed by atoms with Gasteiger partial charge in [0, 0.05) is 19.3 Å². The van der Waals surface area contributed by atoms with E-state index in [-0.39, 0.29) is 37.5 Å². The Bertz CT molecular complexity index is 1160. The third-order valence-electron chi connectivity index (χ3n) is 10.8. The predicted octanol–water partition coefficient (Wildman–Crippen LogP) is 16.6. The van der Waals surface area contributed by atoms with Gasteiger partial charge >= 0.3 is 17.9 Å². The maximum absolute atomic E-state index is 12.8. The maximum atomic E-state index is 12.8. The van der Waals surface area contributed by atoms with Crippen molar-refractivity contribution in [1.29, 1.82) is 0 Å². The molecular formula is C55H94O6. The SMILES string of the molecule is CC\C=C/C=C\C=C/C=C\C=C/CCCCCC(=O)OC(COC(=O)CCCCCCC/C=C\CCCCCCCCC)COC(=O)CCCCCCCCCCCCCC. The summed E-state index contributed by atoms with van der Waals surface area (Å²) >= 11 is 0. The Labute approximate surface area is 376 Å². The summed E-state index contributed by atoms with van der Waals surface area (Å²) in [6.07, 6.45) is 61.7. The summed E-state index contributed by atoms with van der Waals surface area (Å²) < 4.78 is 16.7. The highest BCUT2D eigenvalue weighted by molar-refractivity contribution is 5.71. The van der Waals surface area contributed by atoms with E-state index in [0.29, 0.717) is 19.3 Å². The van der Waals surface area contributed by atoms with Crippen molar-refractivity contribution in [3.63, 3.8) is 0 Å². The molecule has 0 aromatic heterocycles. The molecule has 0 aliphatic heterocycles. The summed E-state index contributed by atoms with van der Waals surface area (Å²) in [5.74, 6) is -0.943. The van der Waals surface area contributed by atoms with Gasteiger partial charge in [0.25, 0.3) is 0 Å². The molecule has 6 nitrogen and oxygen atoms in total. The molecule has 0 radical (unpaired) electrons. The van der Waals surface area contributed by atoms with E-state index >= 15 is 0 Å². The number of unbranched alkanes of at least 4 members (excludes halogenated alkanes) is 26. The van der Waals surface area contributed by atoms with E-state index in [1.807, 2.05) is 48.6 Å². The van der Waals surface area contributed by atoms with Crippen LogP contribution in [0.3, 0.4) is 0 Å². The first kappa shape index (κ1) is 57.9. The molecular weight excluding hydrogens is 757 g/mol. The summed E-state index contributed by atoms with van der Waals surface area (Å²) in [7, 11) is 0. The van der Waals surface area contributed by atoms with Crippen molar-refractivity contribution < 1.29 is 28.6 Å². The van der Waals surface area contributed by atoms with Gasteiger partial charge in [0.05, 0.1) is 0 Å². The molecule has 0 spiro atoms. The Balaban J connectivity index is 4.46. The van der Waals surface area contributed by atoms with Crippen LogP contribution < -0.4 is 0 Å². The first-order chi connectivity index (χ1) is 30.0. The van der Waals surface area contributed by atoms with E-state index in [9.17, 15) is 14.4 Å². The fraction of sp³-hybridized carbons (Fsp3) is 0.727. The van der Waals surface area contributed by atoms with Crippen LogP contribution in [0.5, 0.6) is 0 Å². The lowest BCUT2D eigenvalue weighted by Gasteiger charge is -2.18. The molecule has 0 saturated heterocycles. The third kappa shape index (κ3) is 47.7. The van der Waals surface area contributed by atoms with Crippen LogP contribution in [0.15, 0.2) is 72.9 Å². The van der Waals surface area contributed by atoms with Crippen LogP contribution in [0.2, 0.25) is 0 Å². The summed E-state index contributed by atoms with van der Waals surface area (Å²) in [6, 6.07) is 0. The van der Waals surface area contributed by atoms with Crippen molar-refractivity contribution >= 4 is 17.9 Å². The topological polar surface area (TPSA) is 78.9 Å². The number of ether oxygens (including phenoxy) is 3. The molecule has 0 fully saturated rings. The second-order valence-corrected chi connectivity index (χ2v) is 16.8. The Morgan fingerprint density at radius 2 is 0.656 bits per heavy atom. The van der Waals surface area contributed by atoms with Crippen molar-refractivity contribution in [1.82, 2.24) is 0 Å². The second-order valence-electron chi connectivity index (χ2n) is 16.8. The Hall–Kier alpha value is -3.15. The van der Waals surface area contributed by atoms with Gasteiger partial charge in [-0.2, -0.15) is 0 Å². The van der Waals surface area contributed by atoms with Crippen molar-refractivity contribution in [2.75, 3.05) is 13.2 Å². The molecule has 0 saturated carbocycles. The third-order valence-corrected chi connectivity index (χ3v) is 10.8. The highest BCUT2D eigenvalue weighted by Crippen LogP contribution is 2.15. The Morgan fingerprint density at radius 1 is 0.344 bits per heavy atom. The van der Waals surface area contributed by atoms with Crippen LogP contribution in [0, 0.1) is 0 Å². The van der Waals surface area contributed by atoms with Crippen LogP contribution in [-0.4, -0.2) is 37.2 Å². The van der Waals surface area contributed by atoms with Gasteiger partial charge in [-0.05, 0) is 64.2 Å². The Kier molecular flexibility index (Phi) is 46.9. The molecule has 61 heavy (non-hydrogen) atoms. The van der Waals surface area contributed by atoms with Gasteiger partial charge in [-0.25, -0.2) is 0 Å². The minimum absolute atomic E-state index is 0.0940. The molecule has 0 aliphatic carbocycles. The van der Waals surface area contributed by atoms with Gasteiger partial charge < -0.3 is 14.2 Å². The summed E-state index contributed by atoms with van der Waals surface area (Å²) in [5.41, 5.74) is 0. The number of allylic oxidation sites excluding steroid dienone is 12. The monoisotopic (exact) mass is 851 g/mol. The lowest BCUT2D eigenvalue weighted by atomic mass is 10.0. The van der Waals surface area contributed by atoms with Gasteiger partial charge in [0.1, 0.15) is 13.2 Å². The molecule has 0 aromatic carbocycles. The first-order valence-electron chi connectivity index (χ1n) is 25.5. The summed E-state index contributed by atoms with van der Waals surface area (Å²) in [6.45, 7) is 6.45. The van der Waals surface area contributed by atoms with Crippen LogP contribution in [0.1, 0.15) is 239 Å². The molecule has 6 heteroatoms. The molecule has 1 unspecified atom stereocenters. The number of carbonyl (C=O) groups is 3. The normalized spacial score (nSPS) is 12.6. The fourth-order valence-corrected chi connectivity index (χ4v) is 6.99. The van der Waals surface area contributed by atoms with Gasteiger partial charge in [-0.15, -0.1) is 0 Å². The van der Waals surface area contributed by atoms with Gasteiger partial charge in [-0.3, -0.25) is 14.4 Å². The lowest BCUT2D eigenvalue weighted by molar-refractivity contribution is -0.167. The molecule has 0 amide bonds. The van der Waals surface area contributed by atoms with Gasteiger partial charge in [0.2, 0.25) is 0 Å². The predicted molar refractivity (Wildman–Crippen MR) is 261 cm³/mol. The number of esters is 3. The van der Waals surface area contributed by atoms with E-state index in [2.05, 4.69) is 45.1 Å². The van der Waals surface area contributed by atoms with E-state index < -0.39 is 6.10 Å². The molecule has 350 valence electrons. The molecule has 0 N–H and O–H groups in total. The van der Waals surface area contributed by atoms with Crippen molar-refractivity contribution in [3.8, 4) is 0 Å². The molecule has 0 heterocycles. The zero-order valence-electron chi connectivity index (χ0n) is 39.9. The van der Waals surface area contributed by atoms with E-state index in [4.69, 9.17) is 14.2 Å². The first-order valence-corrected chi connectivity index (χ1v) is 25.5. The van der Waals surface area contributed by atoms with Gasteiger partial charge in [0.15, 0.2) is 6.10 Å². The molecule has 0 aliphatic rings. The van der Waals surface area contributed by atoms with Crippen molar-refractivity contribution in [2.24, 2.45) is 0 Å². The zero-order chi connectivity index (χ0) is 44.4. The molecule has 0 bridgehead atoms. The van der Waals surface area contributed by atoms with E-state index in [0.717, 1.165) is 70.6 Å². The minimum atomic E-state index is -0.798.